The number of ether oxygens (including phenoxy) is 1. The molecule has 2 heterocycles. The summed E-state index contributed by atoms with van der Waals surface area (Å²) in [5.74, 6) is 0.834. The Hall–Kier alpha value is -1.79. The van der Waals surface area contributed by atoms with Crippen LogP contribution >= 0.6 is 0 Å². The largest absolute Gasteiger partial charge is 0.376 e. The van der Waals surface area contributed by atoms with Crippen LogP contribution in [0.4, 0.5) is 4.39 Å². The van der Waals surface area contributed by atoms with E-state index in [9.17, 15) is 4.39 Å². The third-order valence-corrected chi connectivity index (χ3v) is 4.04. The second-order valence-electron chi connectivity index (χ2n) is 5.77. The summed E-state index contributed by atoms with van der Waals surface area (Å²) in [6, 6.07) is 4.85. The summed E-state index contributed by atoms with van der Waals surface area (Å²) in [5, 5.41) is 4.03. The quantitative estimate of drug-likeness (QED) is 0.872. The number of rotatable bonds is 3. The fourth-order valence-corrected chi connectivity index (χ4v) is 2.66. The Bertz CT molecular complexity index is 659. The van der Waals surface area contributed by atoms with Gasteiger partial charge in [0.25, 0.3) is 0 Å². The summed E-state index contributed by atoms with van der Waals surface area (Å²) >= 11 is 0. The minimum Gasteiger partial charge on any atom is -0.376 e. The smallest absolute Gasteiger partial charge is 0.244 e. The molecule has 2 unspecified atom stereocenters. The molecule has 0 radical (unpaired) electrons. The molecule has 0 N–H and O–H groups in total. The number of aromatic nitrogens is 2. The Morgan fingerprint density at radius 1 is 1.41 bits per heavy atom. The molecule has 1 aliphatic rings. The molecule has 5 nitrogen and oxygen atoms in total. The number of benzene rings is 1. The van der Waals surface area contributed by atoms with Crippen molar-refractivity contribution in [1.82, 2.24) is 15.0 Å². The van der Waals surface area contributed by atoms with E-state index in [2.05, 4.69) is 22.0 Å². The van der Waals surface area contributed by atoms with Gasteiger partial charge >= 0.3 is 0 Å². The molecule has 0 saturated carbocycles. The van der Waals surface area contributed by atoms with Crippen molar-refractivity contribution in [3.05, 3.63) is 35.5 Å². The first-order valence-corrected chi connectivity index (χ1v) is 7.50. The lowest BCUT2D eigenvalue weighted by Crippen LogP contribution is -2.42. The highest BCUT2D eigenvalue weighted by atomic mass is 19.1. The molecule has 1 aromatic heterocycles. The SMILES string of the molecule is Cc1cc(-c2noc(C(C)N3CCOC(C)C3)n2)ccc1F. The van der Waals surface area contributed by atoms with Crippen LogP contribution in [0, 0.1) is 12.7 Å². The van der Waals surface area contributed by atoms with Crippen LogP contribution < -0.4 is 0 Å². The van der Waals surface area contributed by atoms with Crippen molar-refractivity contribution in [2.75, 3.05) is 19.7 Å². The molecule has 1 saturated heterocycles. The van der Waals surface area contributed by atoms with Crippen LogP contribution in [0.25, 0.3) is 11.4 Å². The Labute approximate surface area is 129 Å². The number of halogens is 1. The van der Waals surface area contributed by atoms with Gasteiger partial charge in [-0.25, -0.2) is 4.39 Å². The van der Waals surface area contributed by atoms with Crippen molar-refractivity contribution in [2.24, 2.45) is 0 Å². The predicted octanol–water partition coefficient (Wildman–Crippen LogP) is 2.97. The molecule has 1 aromatic carbocycles. The molecule has 1 aliphatic heterocycles. The summed E-state index contributed by atoms with van der Waals surface area (Å²) in [7, 11) is 0. The Balaban J connectivity index is 1.79. The summed E-state index contributed by atoms with van der Waals surface area (Å²) < 4.78 is 24.3. The third kappa shape index (κ3) is 3.03. The van der Waals surface area contributed by atoms with Gasteiger partial charge in [0.1, 0.15) is 5.82 Å². The Kier molecular flexibility index (Phi) is 4.22. The summed E-state index contributed by atoms with van der Waals surface area (Å²) in [6.45, 7) is 8.22. The highest BCUT2D eigenvalue weighted by Gasteiger charge is 2.26. The molecule has 2 atom stereocenters. The van der Waals surface area contributed by atoms with Gasteiger partial charge in [0.2, 0.25) is 11.7 Å². The maximum absolute atomic E-state index is 13.3. The first-order chi connectivity index (χ1) is 10.5. The molecule has 1 fully saturated rings. The number of hydrogen-bond donors (Lipinski definition) is 0. The van der Waals surface area contributed by atoms with Gasteiger partial charge < -0.3 is 9.26 Å². The van der Waals surface area contributed by atoms with E-state index in [4.69, 9.17) is 9.26 Å². The zero-order valence-corrected chi connectivity index (χ0v) is 13.0. The van der Waals surface area contributed by atoms with E-state index >= 15 is 0 Å². The fourth-order valence-electron chi connectivity index (χ4n) is 2.66. The van der Waals surface area contributed by atoms with Crippen molar-refractivity contribution < 1.29 is 13.7 Å². The molecule has 6 heteroatoms. The van der Waals surface area contributed by atoms with Crippen molar-refractivity contribution in [3.8, 4) is 11.4 Å². The van der Waals surface area contributed by atoms with Gasteiger partial charge in [-0.2, -0.15) is 4.98 Å². The van der Waals surface area contributed by atoms with Gasteiger partial charge in [-0.15, -0.1) is 0 Å². The molecule has 2 aromatic rings. The van der Waals surface area contributed by atoms with E-state index in [1.54, 1.807) is 19.1 Å². The van der Waals surface area contributed by atoms with Gasteiger partial charge in [-0.1, -0.05) is 5.16 Å². The maximum Gasteiger partial charge on any atom is 0.244 e. The van der Waals surface area contributed by atoms with Crippen molar-refractivity contribution in [1.29, 1.82) is 0 Å². The van der Waals surface area contributed by atoms with Crippen LogP contribution in [0.3, 0.4) is 0 Å². The van der Waals surface area contributed by atoms with Gasteiger partial charge in [0.05, 0.1) is 18.8 Å². The monoisotopic (exact) mass is 305 g/mol. The Morgan fingerprint density at radius 3 is 2.95 bits per heavy atom. The lowest BCUT2D eigenvalue weighted by molar-refractivity contribution is -0.0361. The average Bonchev–Trinajstić information content (AvgIpc) is 2.99. The minimum atomic E-state index is -0.233. The van der Waals surface area contributed by atoms with Gasteiger partial charge in [-0.3, -0.25) is 4.90 Å². The van der Waals surface area contributed by atoms with Crippen LogP contribution in [-0.2, 0) is 4.74 Å². The molecule has 3 rings (SSSR count). The average molecular weight is 305 g/mol. The standard InChI is InChI=1S/C16H20FN3O2/c1-10-8-13(4-5-14(10)17)15-18-16(22-19-15)12(3)20-6-7-21-11(2)9-20/h4-5,8,11-12H,6-7,9H2,1-3H3. The highest BCUT2D eigenvalue weighted by Crippen LogP contribution is 2.25. The molecular weight excluding hydrogens is 285 g/mol. The number of aryl methyl sites for hydroxylation is 1. The van der Waals surface area contributed by atoms with Gasteiger partial charge in [0.15, 0.2) is 0 Å². The van der Waals surface area contributed by atoms with E-state index in [0.717, 1.165) is 18.7 Å². The van der Waals surface area contributed by atoms with Crippen LogP contribution in [0.1, 0.15) is 31.3 Å². The van der Waals surface area contributed by atoms with E-state index in [-0.39, 0.29) is 18.0 Å². The minimum absolute atomic E-state index is 0.0362. The zero-order chi connectivity index (χ0) is 15.7. The van der Waals surface area contributed by atoms with E-state index in [0.29, 0.717) is 23.9 Å². The molecule has 22 heavy (non-hydrogen) atoms. The molecule has 0 bridgehead atoms. The number of hydrogen-bond acceptors (Lipinski definition) is 5. The topological polar surface area (TPSA) is 51.4 Å². The number of nitrogens with zero attached hydrogens (tertiary/aromatic N) is 3. The maximum atomic E-state index is 13.3. The Morgan fingerprint density at radius 2 is 2.23 bits per heavy atom. The van der Waals surface area contributed by atoms with Crippen LogP contribution in [0.2, 0.25) is 0 Å². The molecule has 0 amide bonds. The van der Waals surface area contributed by atoms with Crippen molar-refractivity contribution in [2.45, 2.75) is 32.9 Å². The normalized spacial score (nSPS) is 21.0. The van der Waals surface area contributed by atoms with Crippen molar-refractivity contribution in [3.63, 3.8) is 0 Å². The summed E-state index contributed by atoms with van der Waals surface area (Å²) in [6.07, 6.45) is 0.207. The van der Waals surface area contributed by atoms with Crippen LogP contribution in [0.5, 0.6) is 0 Å². The molecular formula is C16H20FN3O2. The zero-order valence-electron chi connectivity index (χ0n) is 13.0. The first-order valence-electron chi connectivity index (χ1n) is 7.50. The second kappa shape index (κ2) is 6.14. The summed E-state index contributed by atoms with van der Waals surface area (Å²) in [5.41, 5.74) is 1.33. The summed E-state index contributed by atoms with van der Waals surface area (Å²) in [4.78, 5) is 6.73. The lowest BCUT2D eigenvalue weighted by atomic mass is 10.1. The molecule has 118 valence electrons. The first kappa shape index (κ1) is 15.1. The van der Waals surface area contributed by atoms with E-state index in [1.165, 1.54) is 6.07 Å². The van der Waals surface area contributed by atoms with Crippen molar-refractivity contribution >= 4 is 0 Å². The molecule has 0 aliphatic carbocycles. The second-order valence-corrected chi connectivity index (χ2v) is 5.77. The van der Waals surface area contributed by atoms with E-state index in [1.807, 2.05) is 6.92 Å². The van der Waals surface area contributed by atoms with Gasteiger partial charge in [-0.05, 0) is 44.5 Å². The van der Waals surface area contributed by atoms with Gasteiger partial charge in [0, 0.05) is 18.7 Å². The third-order valence-electron chi connectivity index (χ3n) is 4.04. The van der Waals surface area contributed by atoms with Crippen LogP contribution in [-0.4, -0.2) is 40.8 Å². The van der Waals surface area contributed by atoms with E-state index < -0.39 is 0 Å². The predicted molar refractivity (Wildman–Crippen MR) is 79.8 cm³/mol. The fraction of sp³-hybridized carbons (Fsp3) is 0.500. The lowest BCUT2D eigenvalue weighted by Gasteiger charge is -2.33. The molecule has 0 spiro atoms. The highest BCUT2D eigenvalue weighted by molar-refractivity contribution is 5.55. The van der Waals surface area contributed by atoms with Crippen LogP contribution in [0.15, 0.2) is 22.7 Å². The number of morpholine rings is 1.